The lowest BCUT2D eigenvalue weighted by Crippen LogP contribution is -2.32. The standard InChI is InChI=1S/C22H21ClN2O3S2/c1-16(14-18-12-13-29-15-18)24-22(26)11-8-17-6-9-19(10-7-17)30(27,28)25-21-5-3-2-4-20(21)23/h2-13,15-16,25H,14H2,1H3,(H,24,26)/b11-8+. The lowest BCUT2D eigenvalue weighted by Gasteiger charge is -2.11. The minimum Gasteiger partial charge on any atom is -0.350 e. The second-order valence-corrected chi connectivity index (χ2v) is 9.60. The summed E-state index contributed by atoms with van der Waals surface area (Å²) in [5, 5.41) is 7.31. The Morgan fingerprint density at radius 3 is 2.53 bits per heavy atom. The highest BCUT2D eigenvalue weighted by Crippen LogP contribution is 2.24. The normalized spacial score (nSPS) is 12.6. The summed E-state index contributed by atoms with van der Waals surface area (Å²) in [6.45, 7) is 1.95. The molecular weight excluding hydrogens is 440 g/mol. The summed E-state index contributed by atoms with van der Waals surface area (Å²) in [6, 6.07) is 14.9. The van der Waals surface area contributed by atoms with Crippen LogP contribution in [0.1, 0.15) is 18.1 Å². The molecule has 0 saturated carbocycles. The number of amides is 1. The van der Waals surface area contributed by atoms with Gasteiger partial charge in [0.05, 0.1) is 15.6 Å². The largest absolute Gasteiger partial charge is 0.350 e. The van der Waals surface area contributed by atoms with Crippen LogP contribution in [-0.4, -0.2) is 20.4 Å². The predicted octanol–water partition coefficient (Wildman–Crippen LogP) is 4.96. The molecule has 5 nitrogen and oxygen atoms in total. The second kappa shape index (κ2) is 9.93. The van der Waals surface area contributed by atoms with E-state index in [0.29, 0.717) is 16.3 Å². The molecule has 2 aromatic carbocycles. The Balaban J connectivity index is 1.59. The number of hydrogen-bond acceptors (Lipinski definition) is 4. The van der Waals surface area contributed by atoms with Crippen LogP contribution in [-0.2, 0) is 21.2 Å². The van der Waals surface area contributed by atoms with Crippen molar-refractivity contribution >= 4 is 50.6 Å². The lowest BCUT2D eigenvalue weighted by molar-refractivity contribution is -0.117. The quantitative estimate of drug-likeness (QED) is 0.466. The summed E-state index contributed by atoms with van der Waals surface area (Å²) in [5.74, 6) is -0.199. The maximum absolute atomic E-state index is 12.5. The summed E-state index contributed by atoms with van der Waals surface area (Å²) >= 11 is 7.65. The molecule has 0 spiro atoms. The molecule has 1 unspecified atom stereocenters. The zero-order valence-corrected chi connectivity index (χ0v) is 18.6. The highest BCUT2D eigenvalue weighted by atomic mass is 35.5. The zero-order valence-electron chi connectivity index (χ0n) is 16.2. The molecule has 0 aliphatic rings. The molecule has 1 amide bonds. The van der Waals surface area contributed by atoms with E-state index in [2.05, 4.69) is 15.4 Å². The molecule has 1 aromatic heterocycles. The van der Waals surface area contributed by atoms with E-state index < -0.39 is 10.0 Å². The minimum atomic E-state index is -3.76. The topological polar surface area (TPSA) is 75.3 Å². The molecule has 8 heteroatoms. The van der Waals surface area contributed by atoms with Crippen molar-refractivity contribution in [2.75, 3.05) is 4.72 Å². The van der Waals surface area contributed by atoms with Crippen molar-refractivity contribution in [1.29, 1.82) is 0 Å². The molecular formula is C22H21ClN2O3S2. The van der Waals surface area contributed by atoms with E-state index >= 15 is 0 Å². The number of rotatable bonds is 8. The number of anilines is 1. The number of sulfonamides is 1. The van der Waals surface area contributed by atoms with Crippen molar-refractivity contribution in [2.24, 2.45) is 0 Å². The molecule has 156 valence electrons. The molecule has 1 atom stereocenters. The van der Waals surface area contributed by atoms with E-state index in [0.717, 1.165) is 6.42 Å². The molecule has 2 N–H and O–H groups in total. The highest BCUT2D eigenvalue weighted by Gasteiger charge is 2.15. The van der Waals surface area contributed by atoms with Gasteiger partial charge in [-0.25, -0.2) is 8.42 Å². The van der Waals surface area contributed by atoms with E-state index in [1.165, 1.54) is 23.8 Å². The smallest absolute Gasteiger partial charge is 0.261 e. The average Bonchev–Trinajstić information content (AvgIpc) is 3.21. The predicted molar refractivity (Wildman–Crippen MR) is 123 cm³/mol. The number of nitrogens with one attached hydrogen (secondary N) is 2. The molecule has 0 aliphatic heterocycles. The van der Waals surface area contributed by atoms with Crippen molar-refractivity contribution in [3.63, 3.8) is 0 Å². The van der Waals surface area contributed by atoms with Gasteiger partial charge in [0.25, 0.3) is 10.0 Å². The third kappa shape index (κ3) is 6.19. The van der Waals surface area contributed by atoms with Crippen molar-refractivity contribution in [3.05, 3.63) is 87.6 Å². The number of carbonyl (C=O) groups excluding carboxylic acids is 1. The SMILES string of the molecule is CC(Cc1ccsc1)NC(=O)/C=C/c1ccc(S(=O)(=O)Nc2ccccc2Cl)cc1. The lowest BCUT2D eigenvalue weighted by atomic mass is 10.1. The third-order valence-corrected chi connectivity index (χ3v) is 6.69. The minimum absolute atomic E-state index is 0.0140. The van der Waals surface area contributed by atoms with Gasteiger partial charge in [0.2, 0.25) is 5.91 Å². The average molecular weight is 461 g/mol. The van der Waals surface area contributed by atoms with Crippen molar-refractivity contribution in [1.82, 2.24) is 5.32 Å². The van der Waals surface area contributed by atoms with Crippen molar-refractivity contribution in [2.45, 2.75) is 24.3 Å². The van der Waals surface area contributed by atoms with E-state index in [-0.39, 0.29) is 16.8 Å². The second-order valence-electron chi connectivity index (χ2n) is 6.73. The Labute approximate surface area is 185 Å². The van der Waals surface area contributed by atoms with Gasteiger partial charge in [0, 0.05) is 12.1 Å². The summed E-state index contributed by atoms with van der Waals surface area (Å²) < 4.78 is 27.5. The van der Waals surface area contributed by atoms with Crippen LogP contribution in [0.5, 0.6) is 0 Å². The number of thiophene rings is 1. The first-order valence-electron chi connectivity index (χ1n) is 9.20. The maximum Gasteiger partial charge on any atom is 0.261 e. The van der Waals surface area contributed by atoms with Gasteiger partial charge in [-0.2, -0.15) is 11.3 Å². The molecule has 30 heavy (non-hydrogen) atoms. The Bertz CT molecular complexity index is 1130. The van der Waals surface area contributed by atoms with Gasteiger partial charge in [-0.15, -0.1) is 0 Å². The molecule has 0 saturated heterocycles. The molecule has 0 aliphatic carbocycles. The molecule has 3 rings (SSSR count). The Morgan fingerprint density at radius 1 is 1.13 bits per heavy atom. The summed E-state index contributed by atoms with van der Waals surface area (Å²) in [5.41, 5.74) is 2.22. The van der Waals surface area contributed by atoms with E-state index in [9.17, 15) is 13.2 Å². The number of hydrogen-bond donors (Lipinski definition) is 2. The van der Waals surface area contributed by atoms with Gasteiger partial charge in [0.15, 0.2) is 0 Å². The van der Waals surface area contributed by atoms with Crippen molar-refractivity contribution in [3.8, 4) is 0 Å². The fourth-order valence-electron chi connectivity index (χ4n) is 2.78. The monoisotopic (exact) mass is 460 g/mol. The number of para-hydroxylation sites is 1. The molecule has 3 aromatic rings. The number of carbonyl (C=O) groups is 1. The zero-order chi connectivity index (χ0) is 21.6. The Morgan fingerprint density at radius 2 is 1.87 bits per heavy atom. The van der Waals surface area contributed by atoms with Crippen LogP contribution in [0.15, 0.2) is 76.3 Å². The van der Waals surface area contributed by atoms with Crippen LogP contribution in [0, 0.1) is 0 Å². The summed E-state index contributed by atoms with van der Waals surface area (Å²) in [4.78, 5) is 12.2. The van der Waals surface area contributed by atoms with Crippen LogP contribution in [0.25, 0.3) is 6.08 Å². The van der Waals surface area contributed by atoms with Crippen LogP contribution < -0.4 is 10.0 Å². The fourth-order valence-corrected chi connectivity index (χ4v) is 4.78. The van der Waals surface area contributed by atoms with Gasteiger partial charge in [-0.1, -0.05) is 35.9 Å². The van der Waals surface area contributed by atoms with Crippen LogP contribution in [0.3, 0.4) is 0 Å². The third-order valence-electron chi connectivity index (χ3n) is 4.25. The molecule has 1 heterocycles. The van der Waals surface area contributed by atoms with E-state index in [4.69, 9.17) is 11.6 Å². The van der Waals surface area contributed by atoms with Gasteiger partial charge < -0.3 is 5.32 Å². The molecule has 0 radical (unpaired) electrons. The van der Waals surface area contributed by atoms with Crippen LogP contribution in [0.2, 0.25) is 5.02 Å². The summed E-state index contributed by atoms with van der Waals surface area (Å²) in [6.07, 6.45) is 3.86. The summed E-state index contributed by atoms with van der Waals surface area (Å²) in [7, 11) is -3.76. The Hall–Kier alpha value is -2.61. The maximum atomic E-state index is 12.5. The first-order valence-corrected chi connectivity index (χ1v) is 12.0. The highest BCUT2D eigenvalue weighted by molar-refractivity contribution is 7.92. The first-order chi connectivity index (χ1) is 14.3. The van der Waals surface area contributed by atoms with Gasteiger partial charge >= 0.3 is 0 Å². The number of halogens is 1. The Kier molecular flexibility index (Phi) is 7.31. The van der Waals surface area contributed by atoms with Crippen LogP contribution >= 0.6 is 22.9 Å². The van der Waals surface area contributed by atoms with E-state index in [1.807, 2.05) is 18.4 Å². The molecule has 0 fully saturated rings. The van der Waals surface area contributed by atoms with Crippen LogP contribution in [0.4, 0.5) is 5.69 Å². The van der Waals surface area contributed by atoms with Gasteiger partial charge in [-0.3, -0.25) is 9.52 Å². The first kappa shape index (κ1) is 22.1. The van der Waals surface area contributed by atoms with E-state index in [1.54, 1.807) is 53.8 Å². The molecule has 0 bridgehead atoms. The fraction of sp³-hybridized carbons (Fsp3) is 0.136. The number of benzene rings is 2. The van der Waals surface area contributed by atoms with Gasteiger partial charge in [-0.05, 0) is 71.6 Å². The van der Waals surface area contributed by atoms with Crippen molar-refractivity contribution < 1.29 is 13.2 Å². The van der Waals surface area contributed by atoms with Gasteiger partial charge in [0.1, 0.15) is 0 Å².